The lowest BCUT2D eigenvalue weighted by atomic mass is 10.1. The third-order valence-corrected chi connectivity index (χ3v) is 3.88. The standard InChI is InChI=1S/C9H7Br2N/c10-5-9(11)8-3-1-2-7(4-8)6-12/h1-4,9H,5H2. The van der Waals surface area contributed by atoms with Crippen LogP contribution in [0.25, 0.3) is 0 Å². The molecule has 1 aromatic carbocycles. The Morgan fingerprint density at radius 2 is 2.25 bits per heavy atom. The summed E-state index contributed by atoms with van der Waals surface area (Å²) in [5.41, 5.74) is 1.84. The molecule has 1 nitrogen and oxygen atoms in total. The van der Waals surface area contributed by atoms with Crippen molar-refractivity contribution in [3.63, 3.8) is 0 Å². The van der Waals surface area contributed by atoms with Gasteiger partial charge in [0, 0.05) is 10.2 Å². The van der Waals surface area contributed by atoms with Gasteiger partial charge in [-0.1, -0.05) is 44.0 Å². The van der Waals surface area contributed by atoms with E-state index in [1.807, 2.05) is 18.2 Å². The predicted octanol–water partition coefficient (Wildman–Crippen LogP) is 3.39. The summed E-state index contributed by atoms with van der Waals surface area (Å²) in [6, 6.07) is 9.70. The van der Waals surface area contributed by atoms with Gasteiger partial charge in [-0.05, 0) is 17.7 Å². The summed E-state index contributed by atoms with van der Waals surface area (Å²) in [5, 5.41) is 9.49. The van der Waals surface area contributed by atoms with Crippen LogP contribution in [-0.2, 0) is 0 Å². The van der Waals surface area contributed by atoms with Crippen LogP contribution in [0.2, 0.25) is 0 Å². The van der Waals surface area contributed by atoms with Crippen LogP contribution < -0.4 is 0 Å². The maximum Gasteiger partial charge on any atom is 0.0991 e. The number of hydrogen-bond acceptors (Lipinski definition) is 1. The fourth-order valence-corrected chi connectivity index (χ4v) is 1.55. The molecule has 0 spiro atoms. The Labute approximate surface area is 88.7 Å². The van der Waals surface area contributed by atoms with Crippen LogP contribution in [0.3, 0.4) is 0 Å². The minimum atomic E-state index is 0.283. The zero-order valence-electron chi connectivity index (χ0n) is 6.30. The number of hydrogen-bond donors (Lipinski definition) is 0. The number of benzene rings is 1. The monoisotopic (exact) mass is 287 g/mol. The maximum atomic E-state index is 8.64. The summed E-state index contributed by atoms with van der Waals surface area (Å²) < 4.78 is 0. The zero-order valence-corrected chi connectivity index (χ0v) is 9.47. The molecular weight excluding hydrogens is 282 g/mol. The first kappa shape index (κ1) is 9.76. The van der Waals surface area contributed by atoms with Crippen molar-refractivity contribution in [1.82, 2.24) is 0 Å². The molecule has 1 unspecified atom stereocenters. The van der Waals surface area contributed by atoms with Gasteiger partial charge in [-0.25, -0.2) is 0 Å². The van der Waals surface area contributed by atoms with Crippen LogP contribution in [-0.4, -0.2) is 5.33 Å². The lowest BCUT2D eigenvalue weighted by Gasteiger charge is -2.05. The second-order valence-electron chi connectivity index (χ2n) is 2.36. The van der Waals surface area contributed by atoms with E-state index in [9.17, 15) is 0 Å². The van der Waals surface area contributed by atoms with Crippen LogP contribution >= 0.6 is 31.9 Å². The predicted molar refractivity (Wildman–Crippen MR) is 56.6 cm³/mol. The highest BCUT2D eigenvalue weighted by molar-refractivity contribution is 9.12. The first-order valence-corrected chi connectivity index (χ1v) is 5.51. The highest BCUT2D eigenvalue weighted by Crippen LogP contribution is 2.24. The molecule has 0 bridgehead atoms. The van der Waals surface area contributed by atoms with Crippen LogP contribution in [0.5, 0.6) is 0 Å². The molecule has 3 heteroatoms. The van der Waals surface area contributed by atoms with Gasteiger partial charge >= 0.3 is 0 Å². The zero-order chi connectivity index (χ0) is 8.97. The van der Waals surface area contributed by atoms with E-state index in [1.165, 1.54) is 0 Å². The van der Waals surface area contributed by atoms with Gasteiger partial charge in [0.1, 0.15) is 0 Å². The molecule has 1 atom stereocenters. The van der Waals surface area contributed by atoms with E-state index in [1.54, 1.807) is 6.07 Å². The van der Waals surface area contributed by atoms with E-state index < -0.39 is 0 Å². The van der Waals surface area contributed by atoms with Gasteiger partial charge in [0.25, 0.3) is 0 Å². The Balaban J connectivity index is 2.95. The van der Waals surface area contributed by atoms with E-state index in [0.717, 1.165) is 10.9 Å². The van der Waals surface area contributed by atoms with Crippen molar-refractivity contribution in [2.24, 2.45) is 0 Å². The van der Waals surface area contributed by atoms with Gasteiger partial charge in [-0.15, -0.1) is 0 Å². The smallest absolute Gasteiger partial charge is 0.0991 e. The third kappa shape index (κ3) is 2.33. The van der Waals surface area contributed by atoms with Gasteiger partial charge < -0.3 is 0 Å². The quantitative estimate of drug-likeness (QED) is 0.766. The summed E-state index contributed by atoms with van der Waals surface area (Å²) >= 11 is 6.86. The Morgan fingerprint density at radius 1 is 1.50 bits per heavy atom. The number of nitrogens with zero attached hydrogens (tertiary/aromatic N) is 1. The Bertz CT molecular complexity index is 304. The number of halogens is 2. The molecule has 0 radical (unpaired) electrons. The van der Waals surface area contributed by atoms with Gasteiger partial charge in [-0.3, -0.25) is 0 Å². The largest absolute Gasteiger partial charge is 0.192 e. The van der Waals surface area contributed by atoms with E-state index in [2.05, 4.69) is 37.9 Å². The van der Waals surface area contributed by atoms with Crippen LogP contribution in [0.4, 0.5) is 0 Å². The van der Waals surface area contributed by atoms with E-state index >= 15 is 0 Å². The van der Waals surface area contributed by atoms with Crippen molar-refractivity contribution in [2.75, 3.05) is 5.33 Å². The molecule has 0 N–H and O–H groups in total. The Kier molecular flexibility index (Phi) is 3.77. The molecule has 0 saturated carbocycles. The minimum Gasteiger partial charge on any atom is -0.192 e. The molecule has 1 aromatic rings. The van der Waals surface area contributed by atoms with Crippen molar-refractivity contribution in [2.45, 2.75) is 4.83 Å². The first-order valence-electron chi connectivity index (χ1n) is 3.48. The second kappa shape index (κ2) is 4.64. The SMILES string of the molecule is N#Cc1cccc(C(Br)CBr)c1. The Morgan fingerprint density at radius 3 is 2.83 bits per heavy atom. The number of rotatable bonds is 2. The van der Waals surface area contributed by atoms with Gasteiger partial charge in [0.2, 0.25) is 0 Å². The average Bonchev–Trinajstić information content (AvgIpc) is 2.17. The van der Waals surface area contributed by atoms with Crippen molar-refractivity contribution in [1.29, 1.82) is 5.26 Å². The van der Waals surface area contributed by atoms with Gasteiger partial charge in [0.15, 0.2) is 0 Å². The summed E-state index contributed by atoms with van der Waals surface area (Å²) in [6.45, 7) is 0. The number of alkyl halides is 2. The van der Waals surface area contributed by atoms with Gasteiger partial charge in [0.05, 0.1) is 11.6 Å². The van der Waals surface area contributed by atoms with Crippen molar-refractivity contribution < 1.29 is 0 Å². The van der Waals surface area contributed by atoms with Crippen LogP contribution in [0.1, 0.15) is 16.0 Å². The lowest BCUT2D eigenvalue weighted by Crippen LogP contribution is -1.90. The summed E-state index contributed by atoms with van der Waals surface area (Å²) in [5.74, 6) is 0. The second-order valence-corrected chi connectivity index (χ2v) is 4.11. The molecule has 0 aliphatic heterocycles. The van der Waals surface area contributed by atoms with Crippen molar-refractivity contribution in [3.05, 3.63) is 35.4 Å². The van der Waals surface area contributed by atoms with Crippen molar-refractivity contribution in [3.8, 4) is 6.07 Å². The fraction of sp³-hybridized carbons (Fsp3) is 0.222. The van der Waals surface area contributed by atoms with Gasteiger partial charge in [-0.2, -0.15) is 5.26 Å². The van der Waals surface area contributed by atoms with E-state index in [-0.39, 0.29) is 4.83 Å². The summed E-state index contributed by atoms with van der Waals surface area (Å²) in [6.07, 6.45) is 0. The molecule has 0 aliphatic rings. The maximum absolute atomic E-state index is 8.64. The fourth-order valence-electron chi connectivity index (χ4n) is 0.892. The Hall–Kier alpha value is -0.330. The molecule has 0 saturated heterocycles. The van der Waals surface area contributed by atoms with Crippen LogP contribution in [0.15, 0.2) is 24.3 Å². The topological polar surface area (TPSA) is 23.8 Å². The molecule has 0 heterocycles. The van der Waals surface area contributed by atoms with Crippen LogP contribution in [0, 0.1) is 11.3 Å². The minimum absolute atomic E-state index is 0.283. The first-order chi connectivity index (χ1) is 5.77. The lowest BCUT2D eigenvalue weighted by molar-refractivity contribution is 1.15. The third-order valence-electron chi connectivity index (χ3n) is 1.51. The highest BCUT2D eigenvalue weighted by Gasteiger charge is 2.04. The number of nitriles is 1. The summed E-state index contributed by atoms with van der Waals surface area (Å²) in [7, 11) is 0. The summed E-state index contributed by atoms with van der Waals surface area (Å²) in [4.78, 5) is 0.283. The highest BCUT2D eigenvalue weighted by atomic mass is 79.9. The van der Waals surface area contributed by atoms with E-state index in [4.69, 9.17) is 5.26 Å². The average molecular weight is 289 g/mol. The van der Waals surface area contributed by atoms with E-state index in [0.29, 0.717) is 5.56 Å². The molecule has 0 aromatic heterocycles. The molecule has 12 heavy (non-hydrogen) atoms. The molecular formula is C9H7Br2N. The molecule has 0 aliphatic carbocycles. The normalized spacial score (nSPS) is 12.1. The molecule has 62 valence electrons. The molecule has 0 fully saturated rings. The van der Waals surface area contributed by atoms with Crippen molar-refractivity contribution >= 4 is 31.9 Å². The molecule has 1 rings (SSSR count). The molecule has 0 amide bonds.